The molecule has 0 fully saturated rings. The van der Waals surface area contributed by atoms with Crippen LogP contribution >= 0.6 is 11.3 Å². The van der Waals surface area contributed by atoms with Crippen molar-refractivity contribution in [1.29, 1.82) is 0 Å². The van der Waals surface area contributed by atoms with E-state index in [-0.39, 0.29) is 0 Å². The molecule has 4 nitrogen and oxygen atoms in total. The van der Waals surface area contributed by atoms with Gasteiger partial charge in [0.25, 0.3) is 0 Å². The molecule has 0 amide bonds. The highest BCUT2D eigenvalue weighted by molar-refractivity contribution is 7.11. The van der Waals surface area contributed by atoms with Crippen molar-refractivity contribution >= 4 is 11.3 Å². The third kappa shape index (κ3) is 2.79. The van der Waals surface area contributed by atoms with Gasteiger partial charge in [-0.2, -0.15) is 0 Å². The van der Waals surface area contributed by atoms with E-state index < -0.39 is 0 Å². The van der Waals surface area contributed by atoms with Gasteiger partial charge in [-0.1, -0.05) is 6.92 Å². The summed E-state index contributed by atoms with van der Waals surface area (Å²) < 4.78 is 2.16. The number of hydrogen-bond donors (Lipinski definition) is 1. The highest BCUT2D eigenvalue weighted by Crippen LogP contribution is 2.27. The summed E-state index contributed by atoms with van der Waals surface area (Å²) in [5.74, 6) is 0. The van der Waals surface area contributed by atoms with Crippen LogP contribution < -0.4 is 5.32 Å². The molecule has 2 rings (SSSR count). The van der Waals surface area contributed by atoms with Gasteiger partial charge in [-0.3, -0.25) is 0 Å². The molecule has 0 saturated heterocycles. The first-order chi connectivity index (χ1) is 8.61. The smallest absolute Gasteiger partial charge is 0.0955 e. The molecule has 0 bridgehead atoms. The number of aryl methyl sites for hydroxylation is 2. The molecule has 0 aliphatic carbocycles. The summed E-state index contributed by atoms with van der Waals surface area (Å²) in [5.41, 5.74) is 2.22. The Balaban J connectivity index is 2.15. The highest BCUT2D eigenvalue weighted by Gasteiger charge is 2.14. The van der Waals surface area contributed by atoms with Crippen molar-refractivity contribution in [2.24, 2.45) is 0 Å². The molecule has 98 valence electrons. The van der Waals surface area contributed by atoms with E-state index in [1.165, 1.54) is 4.88 Å². The molecule has 0 aliphatic heterocycles. The summed E-state index contributed by atoms with van der Waals surface area (Å²) in [5, 5.41) is 4.41. The lowest BCUT2D eigenvalue weighted by molar-refractivity contribution is 0.642. The lowest BCUT2D eigenvalue weighted by atomic mass is 10.2. The summed E-state index contributed by atoms with van der Waals surface area (Å²) in [7, 11) is 0. The molecule has 0 saturated carbocycles. The summed E-state index contributed by atoms with van der Waals surface area (Å²) in [6, 6.07) is 0.305. The van der Waals surface area contributed by atoms with Crippen LogP contribution in [0.1, 0.15) is 41.2 Å². The second-order valence-corrected chi connectivity index (χ2v) is 5.69. The van der Waals surface area contributed by atoms with Crippen LogP contribution in [0, 0.1) is 13.8 Å². The van der Waals surface area contributed by atoms with Crippen molar-refractivity contribution in [3.05, 3.63) is 33.8 Å². The number of thiazole rings is 1. The summed E-state index contributed by atoms with van der Waals surface area (Å²) >= 11 is 1.77. The molecule has 0 aliphatic rings. The van der Waals surface area contributed by atoms with E-state index in [4.69, 9.17) is 0 Å². The van der Waals surface area contributed by atoms with E-state index in [0.717, 1.165) is 29.5 Å². The normalized spacial score (nSPS) is 12.9. The van der Waals surface area contributed by atoms with E-state index in [1.807, 2.05) is 6.33 Å². The molecular weight excluding hydrogens is 244 g/mol. The number of imidazole rings is 1. The highest BCUT2D eigenvalue weighted by atomic mass is 32.1. The number of hydrogen-bond acceptors (Lipinski definition) is 4. The molecule has 2 aromatic heterocycles. The minimum atomic E-state index is 0.305. The standard InChI is InChI=1S/C13H20N4S/c1-5-14-6-12-7-17(8-15-12)10(3)13-9(2)16-11(4)18-13/h7-8,10,14H,5-6H2,1-4H3. The third-order valence-corrected chi connectivity index (χ3v) is 4.22. The lowest BCUT2D eigenvalue weighted by Gasteiger charge is -2.11. The van der Waals surface area contributed by atoms with Gasteiger partial charge in [0, 0.05) is 12.7 Å². The fraction of sp³-hybridized carbons (Fsp3) is 0.538. The number of nitrogens with zero attached hydrogens (tertiary/aromatic N) is 3. The molecule has 1 unspecified atom stereocenters. The zero-order valence-electron chi connectivity index (χ0n) is 11.4. The Bertz CT molecular complexity index is 515. The molecule has 2 heterocycles. The van der Waals surface area contributed by atoms with Crippen molar-refractivity contribution < 1.29 is 0 Å². The Morgan fingerprint density at radius 2 is 2.22 bits per heavy atom. The second kappa shape index (κ2) is 5.63. The summed E-state index contributed by atoms with van der Waals surface area (Å²) in [6.45, 7) is 10.2. The maximum absolute atomic E-state index is 4.49. The zero-order chi connectivity index (χ0) is 13.1. The number of rotatable bonds is 5. The molecule has 2 aromatic rings. The predicted octanol–water partition coefficient (Wildman–Crippen LogP) is 2.68. The van der Waals surface area contributed by atoms with Crippen molar-refractivity contribution in [2.75, 3.05) is 6.54 Å². The maximum Gasteiger partial charge on any atom is 0.0955 e. The van der Waals surface area contributed by atoms with Crippen LogP contribution in [0.4, 0.5) is 0 Å². The van der Waals surface area contributed by atoms with Crippen LogP contribution in [-0.2, 0) is 6.54 Å². The molecule has 5 heteroatoms. The fourth-order valence-electron chi connectivity index (χ4n) is 2.01. The molecule has 0 aromatic carbocycles. The lowest BCUT2D eigenvalue weighted by Crippen LogP contribution is -2.12. The Labute approximate surface area is 112 Å². The van der Waals surface area contributed by atoms with Gasteiger partial charge >= 0.3 is 0 Å². The average molecular weight is 264 g/mol. The Kier molecular flexibility index (Phi) is 4.14. The topological polar surface area (TPSA) is 42.7 Å². The average Bonchev–Trinajstić information content (AvgIpc) is 2.92. The zero-order valence-corrected chi connectivity index (χ0v) is 12.2. The van der Waals surface area contributed by atoms with Gasteiger partial charge in [-0.05, 0) is 27.3 Å². The summed E-state index contributed by atoms with van der Waals surface area (Å²) in [6.07, 6.45) is 4.02. The summed E-state index contributed by atoms with van der Waals surface area (Å²) in [4.78, 5) is 10.2. The van der Waals surface area contributed by atoms with Crippen molar-refractivity contribution in [2.45, 2.75) is 40.3 Å². The molecule has 0 spiro atoms. The van der Waals surface area contributed by atoms with E-state index >= 15 is 0 Å². The Hall–Kier alpha value is -1.20. The van der Waals surface area contributed by atoms with Gasteiger partial charge in [-0.25, -0.2) is 9.97 Å². The Morgan fingerprint density at radius 1 is 1.44 bits per heavy atom. The van der Waals surface area contributed by atoms with Crippen LogP contribution in [0.25, 0.3) is 0 Å². The maximum atomic E-state index is 4.49. The molecule has 18 heavy (non-hydrogen) atoms. The van der Waals surface area contributed by atoms with Gasteiger partial charge in [0.05, 0.1) is 33.6 Å². The van der Waals surface area contributed by atoms with Crippen LogP contribution in [0.5, 0.6) is 0 Å². The largest absolute Gasteiger partial charge is 0.329 e. The SMILES string of the molecule is CCNCc1cn(C(C)c2sc(C)nc2C)cn1. The molecule has 1 atom stereocenters. The van der Waals surface area contributed by atoms with Crippen LogP contribution in [0.15, 0.2) is 12.5 Å². The minimum Gasteiger partial charge on any atom is -0.329 e. The Morgan fingerprint density at radius 3 is 2.83 bits per heavy atom. The molecule has 1 N–H and O–H groups in total. The van der Waals surface area contributed by atoms with Crippen molar-refractivity contribution in [3.63, 3.8) is 0 Å². The first-order valence-electron chi connectivity index (χ1n) is 6.28. The molecule has 0 radical (unpaired) electrons. The first kappa shape index (κ1) is 13.2. The van der Waals surface area contributed by atoms with Gasteiger partial charge in [-0.15, -0.1) is 11.3 Å². The van der Waals surface area contributed by atoms with Gasteiger partial charge in [0.1, 0.15) is 0 Å². The van der Waals surface area contributed by atoms with Crippen LogP contribution in [0.3, 0.4) is 0 Å². The van der Waals surface area contributed by atoms with E-state index in [2.05, 4.69) is 53.7 Å². The van der Waals surface area contributed by atoms with Crippen LogP contribution in [0.2, 0.25) is 0 Å². The van der Waals surface area contributed by atoms with Gasteiger partial charge < -0.3 is 9.88 Å². The minimum absolute atomic E-state index is 0.305. The quantitative estimate of drug-likeness (QED) is 0.903. The van der Waals surface area contributed by atoms with Crippen molar-refractivity contribution in [3.8, 4) is 0 Å². The van der Waals surface area contributed by atoms with Crippen molar-refractivity contribution in [1.82, 2.24) is 19.9 Å². The van der Waals surface area contributed by atoms with E-state index in [0.29, 0.717) is 6.04 Å². The molecular formula is C13H20N4S. The van der Waals surface area contributed by atoms with E-state index in [1.54, 1.807) is 11.3 Å². The van der Waals surface area contributed by atoms with E-state index in [9.17, 15) is 0 Å². The van der Waals surface area contributed by atoms with Crippen LogP contribution in [-0.4, -0.2) is 21.1 Å². The third-order valence-electron chi connectivity index (χ3n) is 2.98. The van der Waals surface area contributed by atoms with Gasteiger partial charge in [0.2, 0.25) is 0 Å². The fourth-order valence-corrected chi connectivity index (χ4v) is 2.99. The second-order valence-electron chi connectivity index (χ2n) is 4.45. The van der Waals surface area contributed by atoms with Gasteiger partial charge in [0.15, 0.2) is 0 Å². The number of nitrogens with one attached hydrogen (secondary N) is 1. The monoisotopic (exact) mass is 264 g/mol. The predicted molar refractivity (Wildman–Crippen MR) is 75.0 cm³/mol. The number of aromatic nitrogens is 3. The first-order valence-corrected chi connectivity index (χ1v) is 7.10.